The van der Waals surface area contributed by atoms with Crippen LogP contribution in [0.5, 0.6) is 5.75 Å². The van der Waals surface area contributed by atoms with E-state index in [-0.39, 0.29) is 10.9 Å². The number of ether oxygens (including phenoxy) is 1. The summed E-state index contributed by atoms with van der Waals surface area (Å²) in [6, 6.07) is 28.4. The van der Waals surface area contributed by atoms with E-state index in [1.54, 1.807) is 0 Å². The number of hydrogen-bond acceptors (Lipinski definition) is 2. The SMILES string of the molecule is C#CC(I)C(=O)Oc1ccc([S+](c2ccccc2)c2ccccc2)cc1. The van der Waals surface area contributed by atoms with E-state index in [2.05, 4.69) is 54.5 Å². The predicted molar refractivity (Wildman–Crippen MR) is 114 cm³/mol. The highest BCUT2D eigenvalue weighted by Gasteiger charge is 2.28. The molecule has 0 fully saturated rings. The van der Waals surface area contributed by atoms with Crippen LogP contribution in [-0.4, -0.2) is 9.89 Å². The van der Waals surface area contributed by atoms with Crippen LogP contribution in [0.25, 0.3) is 0 Å². The zero-order valence-electron chi connectivity index (χ0n) is 13.8. The second-order valence-electron chi connectivity index (χ2n) is 5.35. The van der Waals surface area contributed by atoms with Gasteiger partial charge in [-0.3, -0.25) is 0 Å². The smallest absolute Gasteiger partial charge is 0.336 e. The average Bonchev–Trinajstić information content (AvgIpc) is 2.70. The lowest BCUT2D eigenvalue weighted by atomic mass is 10.3. The Bertz CT molecular complexity index is 863. The molecule has 0 bridgehead atoms. The summed E-state index contributed by atoms with van der Waals surface area (Å²) in [7, 11) is -0.220. The first-order valence-corrected chi connectivity index (χ1v) is 10.4. The average molecular weight is 471 g/mol. The van der Waals surface area contributed by atoms with Crippen molar-refractivity contribution in [2.75, 3.05) is 0 Å². The van der Waals surface area contributed by atoms with Gasteiger partial charge in [0, 0.05) is 0 Å². The van der Waals surface area contributed by atoms with Gasteiger partial charge >= 0.3 is 5.97 Å². The molecule has 0 aliphatic heterocycles. The van der Waals surface area contributed by atoms with Crippen molar-refractivity contribution in [1.29, 1.82) is 0 Å². The van der Waals surface area contributed by atoms with Gasteiger partial charge in [-0.2, -0.15) is 0 Å². The number of carbonyl (C=O) groups is 1. The Morgan fingerprint density at radius 2 is 1.31 bits per heavy atom. The molecule has 0 N–H and O–H groups in total. The number of esters is 1. The Morgan fingerprint density at radius 3 is 1.77 bits per heavy atom. The molecule has 1 unspecified atom stereocenters. The van der Waals surface area contributed by atoms with E-state index in [4.69, 9.17) is 11.2 Å². The van der Waals surface area contributed by atoms with Crippen LogP contribution in [0.3, 0.4) is 0 Å². The van der Waals surface area contributed by atoms with Crippen LogP contribution >= 0.6 is 22.6 Å². The molecule has 3 rings (SSSR count). The third-order valence-corrected chi connectivity index (χ3v) is 6.69. The fraction of sp³-hybridized carbons (Fsp3) is 0.0455. The molecule has 0 radical (unpaired) electrons. The maximum Gasteiger partial charge on any atom is 0.336 e. The van der Waals surface area contributed by atoms with Crippen LogP contribution < -0.4 is 4.74 Å². The van der Waals surface area contributed by atoms with Gasteiger partial charge in [-0.15, -0.1) is 6.42 Å². The van der Waals surface area contributed by atoms with Crippen LogP contribution in [0, 0.1) is 12.3 Å². The quantitative estimate of drug-likeness (QED) is 0.129. The number of terminal acetylenes is 1. The molecule has 2 nitrogen and oxygen atoms in total. The minimum absolute atomic E-state index is 0.220. The molecule has 3 aromatic rings. The molecule has 3 aromatic carbocycles. The molecule has 0 heterocycles. The first-order chi connectivity index (χ1) is 12.7. The molecule has 0 aliphatic carbocycles. The van der Waals surface area contributed by atoms with Gasteiger partial charge in [-0.05, 0) is 48.5 Å². The molecule has 0 saturated heterocycles. The molecule has 0 aromatic heterocycles. The Labute approximate surface area is 170 Å². The maximum atomic E-state index is 11.8. The van der Waals surface area contributed by atoms with Gasteiger partial charge < -0.3 is 4.74 Å². The van der Waals surface area contributed by atoms with Gasteiger partial charge in [0.1, 0.15) is 5.75 Å². The van der Waals surface area contributed by atoms with E-state index in [1.165, 1.54) is 9.79 Å². The molecular weight excluding hydrogens is 455 g/mol. The zero-order chi connectivity index (χ0) is 18.4. The van der Waals surface area contributed by atoms with Gasteiger partial charge in [0.2, 0.25) is 0 Å². The number of benzene rings is 3. The van der Waals surface area contributed by atoms with Crippen molar-refractivity contribution >= 4 is 39.5 Å². The van der Waals surface area contributed by atoms with Crippen LogP contribution in [0.1, 0.15) is 0 Å². The zero-order valence-corrected chi connectivity index (χ0v) is 16.8. The number of rotatable bonds is 5. The first kappa shape index (κ1) is 18.6. The largest absolute Gasteiger partial charge is 0.425 e. The number of alkyl halides is 1. The molecule has 0 spiro atoms. The fourth-order valence-electron chi connectivity index (χ4n) is 2.40. The minimum atomic E-state index is -0.587. The standard InChI is InChI=1S/C22H16IO2S/c1-2-21(23)22(24)25-17-13-15-20(16-14-17)26(18-9-5-3-6-10-18)19-11-7-4-8-12-19/h1,3-16,21H/q+1. The third-order valence-electron chi connectivity index (χ3n) is 3.59. The highest BCUT2D eigenvalue weighted by Crippen LogP contribution is 2.31. The maximum absolute atomic E-state index is 11.8. The third kappa shape index (κ3) is 4.48. The molecule has 0 amide bonds. The van der Waals surface area contributed by atoms with Gasteiger partial charge in [0.25, 0.3) is 0 Å². The van der Waals surface area contributed by atoms with E-state index in [9.17, 15) is 4.79 Å². The minimum Gasteiger partial charge on any atom is -0.425 e. The number of hydrogen-bond donors (Lipinski definition) is 0. The van der Waals surface area contributed by atoms with Crippen molar-refractivity contribution in [2.24, 2.45) is 0 Å². The van der Waals surface area contributed by atoms with E-state index in [1.807, 2.05) is 59.0 Å². The number of carbonyl (C=O) groups excluding carboxylic acids is 1. The van der Waals surface area contributed by atoms with Crippen LogP contribution in [0.15, 0.2) is 99.6 Å². The topological polar surface area (TPSA) is 26.3 Å². The second kappa shape index (κ2) is 8.93. The Balaban J connectivity index is 1.91. The summed E-state index contributed by atoms with van der Waals surface area (Å²) in [5.74, 6) is 2.45. The normalized spacial score (nSPS) is 11.6. The van der Waals surface area contributed by atoms with E-state index in [0.717, 1.165) is 4.90 Å². The summed E-state index contributed by atoms with van der Waals surface area (Å²) >= 11 is 1.88. The van der Waals surface area contributed by atoms with Crippen LogP contribution in [0.2, 0.25) is 0 Å². The summed E-state index contributed by atoms with van der Waals surface area (Å²) in [5, 5.41) is 0. The molecule has 26 heavy (non-hydrogen) atoms. The number of halogens is 1. The summed E-state index contributed by atoms with van der Waals surface area (Å²) < 4.78 is 4.74. The lowest BCUT2D eigenvalue weighted by molar-refractivity contribution is -0.132. The molecule has 1 atom stereocenters. The second-order valence-corrected chi connectivity index (χ2v) is 8.63. The van der Waals surface area contributed by atoms with E-state index >= 15 is 0 Å². The van der Waals surface area contributed by atoms with E-state index in [0.29, 0.717) is 5.75 Å². The lowest BCUT2D eigenvalue weighted by Gasteiger charge is -2.09. The van der Waals surface area contributed by atoms with Crippen molar-refractivity contribution < 1.29 is 9.53 Å². The summed E-state index contributed by atoms with van der Waals surface area (Å²) in [6.45, 7) is 0. The lowest BCUT2D eigenvalue weighted by Crippen LogP contribution is -2.18. The van der Waals surface area contributed by atoms with Crippen molar-refractivity contribution in [3.8, 4) is 18.1 Å². The Morgan fingerprint density at radius 1 is 0.846 bits per heavy atom. The van der Waals surface area contributed by atoms with Crippen molar-refractivity contribution in [3.63, 3.8) is 0 Å². The molecule has 0 saturated carbocycles. The van der Waals surface area contributed by atoms with E-state index < -0.39 is 9.89 Å². The Hall–Kier alpha value is -2.23. The highest BCUT2D eigenvalue weighted by atomic mass is 127. The summed E-state index contributed by atoms with van der Waals surface area (Å²) in [6.07, 6.45) is 5.26. The summed E-state index contributed by atoms with van der Waals surface area (Å²) in [5.41, 5.74) is 0. The van der Waals surface area contributed by atoms with Crippen molar-refractivity contribution in [1.82, 2.24) is 0 Å². The van der Waals surface area contributed by atoms with Crippen LogP contribution in [0.4, 0.5) is 0 Å². The van der Waals surface area contributed by atoms with Crippen molar-refractivity contribution in [3.05, 3.63) is 84.9 Å². The van der Waals surface area contributed by atoms with Gasteiger partial charge in [-0.25, -0.2) is 4.79 Å². The monoisotopic (exact) mass is 471 g/mol. The van der Waals surface area contributed by atoms with Crippen LogP contribution in [-0.2, 0) is 15.7 Å². The Kier molecular flexibility index (Phi) is 6.37. The van der Waals surface area contributed by atoms with Gasteiger partial charge in [-0.1, -0.05) is 64.9 Å². The molecule has 0 aliphatic rings. The molecule has 128 valence electrons. The summed E-state index contributed by atoms with van der Waals surface area (Å²) in [4.78, 5) is 15.5. The molecule has 4 heteroatoms. The predicted octanol–water partition coefficient (Wildman–Crippen LogP) is 5.12. The molecular formula is C22H16IO2S+. The first-order valence-electron chi connectivity index (χ1n) is 7.95. The highest BCUT2D eigenvalue weighted by molar-refractivity contribution is 14.1. The van der Waals surface area contributed by atoms with Gasteiger partial charge in [0.05, 0.1) is 10.9 Å². The fourth-order valence-corrected chi connectivity index (χ4v) is 4.61. The van der Waals surface area contributed by atoms with Gasteiger partial charge in [0.15, 0.2) is 18.6 Å². The van der Waals surface area contributed by atoms with Crippen molar-refractivity contribution in [2.45, 2.75) is 18.6 Å².